The van der Waals surface area contributed by atoms with Gasteiger partial charge in [0.15, 0.2) is 0 Å². The third kappa shape index (κ3) is 3.65. The highest BCUT2D eigenvalue weighted by Gasteiger charge is 2.38. The van der Waals surface area contributed by atoms with E-state index >= 15 is 0 Å². The average molecular weight is 309 g/mol. The number of hydrogen-bond donors (Lipinski definition) is 2. The first-order chi connectivity index (χ1) is 10.5. The van der Waals surface area contributed by atoms with Crippen molar-refractivity contribution in [1.82, 2.24) is 15.1 Å². The van der Waals surface area contributed by atoms with E-state index in [0.717, 1.165) is 18.5 Å². The van der Waals surface area contributed by atoms with Crippen LogP contribution in [0, 0.1) is 5.92 Å². The Bertz CT molecular complexity index is 529. The minimum absolute atomic E-state index is 0.257. The number of carbonyl (C=O) groups excluding carboxylic acids is 1. The van der Waals surface area contributed by atoms with Gasteiger partial charge in [-0.15, -0.1) is 0 Å². The second kappa shape index (κ2) is 7.40. The molecule has 0 spiro atoms. The van der Waals surface area contributed by atoms with Crippen LogP contribution in [-0.2, 0) is 21.4 Å². The number of aromatic nitrogens is 2. The zero-order valence-electron chi connectivity index (χ0n) is 13.0. The van der Waals surface area contributed by atoms with E-state index in [4.69, 9.17) is 4.74 Å². The minimum atomic E-state index is -0.988. The van der Waals surface area contributed by atoms with Gasteiger partial charge in [0.2, 0.25) is 5.91 Å². The van der Waals surface area contributed by atoms with Crippen LogP contribution in [-0.4, -0.2) is 39.4 Å². The molecule has 0 bridgehead atoms. The second-order valence-corrected chi connectivity index (χ2v) is 5.61. The summed E-state index contributed by atoms with van der Waals surface area (Å²) in [6.45, 7) is 2.48. The first-order valence-corrected chi connectivity index (χ1v) is 7.67. The Morgan fingerprint density at radius 1 is 1.59 bits per heavy atom. The molecule has 2 N–H and O–H groups in total. The van der Waals surface area contributed by atoms with E-state index < -0.39 is 12.0 Å². The lowest BCUT2D eigenvalue weighted by Gasteiger charge is -2.21. The molecule has 0 aromatic carbocycles. The third-order valence-corrected chi connectivity index (χ3v) is 4.04. The molecule has 7 nitrogen and oxygen atoms in total. The van der Waals surface area contributed by atoms with Gasteiger partial charge in [0.05, 0.1) is 11.6 Å². The zero-order valence-corrected chi connectivity index (χ0v) is 13.0. The van der Waals surface area contributed by atoms with Gasteiger partial charge in [-0.2, -0.15) is 5.10 Å². The Morgan fingerprint density at radius 2 is 2.36 bits per heavy atom. The van der Waals surface area contributed by atoms with Crippen molar-refractivity contribution in [1.29, 1.82) is 0 Å². The maximum atomic E-state index is 12.5. The summed E-state index contributed by atoms with van der Waals surface area (Å²) >= 11 is 0. The number of ether oxygens (including phenoxy) is 1. The molecule has 1 amide bonds. The van der Waals surface area contributed by atoms with E-state index in [1.165, 1.54) is 0 Å². The van der Waals surface area contributed by atoms with Gasteiger partial charge < -0.3 is 15.2 Å². The molecule has 1 aliphatic rings. The maximum absolute atomic E-state index is 12.5. The molecular formula is C15H23N3O4. The Kier molecular flexibility index (Phi) is 5.54. The van der Waals surface area contributed by atoms with Gasteiger partial charge in [0, 0.05) is 19.9 Å². The molecule has 2 rings (SSSR count). The molecule has 1 fully saturated rings. The van der Waals surface area contributed by atoms with Crippen LogP contribution in [0.25, 0.3) is 0 Å². The smallest absolute Gasteiger partial charge is 0.326 e. The number of carbonyl (C=O) groups is 2. The molecule has 0 aliphatic carbocycles. The molecule has 122 valence electrons. The SMILES string of the molecule is CCCC[C@H](NC(=O)[C@@H]1CCO[C@H]1c1ccnn1C)C(=O)O. The van der Waals surface area contributed by atoms with Crippen molar-refractivity contribution >= 4 is 11.9 Å². The van der Waals surface area contributed by atoms with Gasteiger partial charge in [-0.05, 0) is 18.9 Å². The summed E-state index contributed by atoms with van der Waals surface area (Å²) < 4.78 is 7.35. The Morgan fingerprint density at radius 3 is 2.95 bits per heavy atom. The van der Waals surface area contributed by atoms with E-state index in [-0.39, 0.29) is 17.9 Å². The number of nitrogens with one attached hydrogen (secondary N) is 1. The molecule has 1 aliphatic heterocycles. The molecule has 1 aromatic heterocycles. The Labute approximate surface area is 129 Å². The monoisotopic (exact) mass is 309 g/mol. The molecule has 3 atom stereocenters. The van der Waals surface area contributed by atoms with Crippen LogP contribution in [0.2, 0.25) is 0 Å². The Balaban J connectivity index is 2.04. The second-order valence-electron chi connectivity index (χ2n) is 5.61. The molecule has 7 heteroatoms. The van der Waals surface area contributed by atoms with Crippen molar-refractivity contribution in [2.45, 2.75) is 44.8 Å². The quantitative estimate of drug-likeness (QED) is 0.791. The fourth-order valence-corrected chi connectivity index (χ4v) is 2.76. The van der Waals surface area contributed by atoms with Gasteiger partial charge >= 0.3 is 5.97 Å². The predicted molar refractivity (Wildman–Crippen MR) is 79.1 cm³/mol. The van der Waals surface area contributed by atoms with Crippen LogP contribution < -0.4 is 5.32 Å². The number of amides is 1. The fraction of sp³-hybridized carbons (Fsp3) is 0.667. The average Bonchev–Trinajstić information content (AvgIpc) is 3.10. The summed E-state index contributed by atoms with van der Waals surface area (Å²) in [4.78, 5) is 23.7. The van der Waals surface area contributed by atoms with Crippen molar-refractivity contribution in [3.05, 3.63) is 18.0 Å². The summed E-state index contributed by atoms with van der Waals surface area (Å²) in [5, 5.41) is 16.0. The normalized spacial score (nSPS) is 22.5. The summed E-state index contributed by atoms with van der Waals surface area (Å²) in [5.74, 6) is -1.62. The van der Waals surface area contributed by atoms with Gasteiger partial charge in [-0.25, -0.2) is 4.79 Å². The largest absolute Gasteiger partial charge is 0.480 e. The fourth-order valence-electron chi connectivity index (χ4n) is 2.76. The van der Waals surface area contributed by atoms with Gasteiger partial charge in [0.1, 0.15) is 12.1 Å². The first kappa shape index (κ1) is 16.5. The van der Waals surface area contributed by atoms with Gasteiger partial charge in [0.25, 0.3) is 0 Å². The van der Waals surface area contributed by atoms with Crippen molar-refractivity contribution in [3.63, 3.8) is 0 Å². The van der Waals surface area contributed by atoms with Gasteiger partial charge in [-0.1, -0.05) is 19.8 Å². The number of carboxylic acid groups (broad SMARTS) is 1. The maximum Gasteiger partial charge on any atom is 0.326 e. The van der Waals surface area contributed by atoms with Crippen molar-refractivity contribution in [2.24, 2.45) is 13.0 Å². The van der Waals surface area contributed by atoms with Crippen LogP contribution in [0.1, 0.15) is 44.4 Å². The van der Waals surface area contributed by atoms with Crippen LogP contribution >= 0.6 is 0 Å². The summed E-state index contributed by atoms with van der Waals surface area (Å²) in [6.07, 6.45) is 3.98. The lowest BCUT2D eigenvalue weighted by Crippen LogP contribution is -2.44. The molecular weight excluding hydrogens is 286 g/mol. The lowest BCUT2D eigenvalue weighted by molar-refractivity contribution is -0.143. The van der Waals surface area contributed by atoms with Crippen LogP contribution in [0.15, 0.2) is 12.3 Å². The van der Waals surface area contributed by atoms with Crippen LogP contribution in [0.3, 0.4) is 0 Å². The first-order valence-electron chi connectivity index (χ1n) is 7.67. The number of aliphatic carboxylic acids is 1. The van der Waals surface area contributed by atoms with Crippen molar-refractivity contribution in [2.75, 3.05) is 6.61 Å². The number of rotatable bonds is 7. The molecule has 0 saturated carbocycles. The van der Waals surface area contributed by atoms with Gasteiger partial charge in [-0.3, -0.25) is 9.48 Å². The molecule has 1 saturated heterocycles. The van der Waals surface area contributed by atoms with E-state index in [0.29, 0.717) is 19.4 Å². The molecule has 2 heterocycles. The zero-order chi connectivity index (χ0) is 16.1. The van der Waals surface area contributed by atoms with E-state index in [1.807, 2.05) is 13.0 Å². The number of nitrogens with zero attached hydrogens (tertiary/aromatic N) is 2. The molecule has 1 aromatic rings. The highest BCUT2D eigenvalue weighted by Crippen LogP contribution is 2.34. The summed E-state index contributed by atoms with van der Waals surface area (Å²) in [7, 11) is 1.80. The van der Waals surface area contributed by atoms with Crippen molar-refractivity contribution in [3.8, 4) is 0 Å². The number of hydrogen-bond acceptors (Lipinski definition) is 4. The Hall–Kier alpha value is -1.89. The number of aryl methyl sites for hydroxylation is 1. The van der Waals surface area contributed by atoms with E-state index in [9.17, 15) is 14.7 Å². The number of carboxylic acids is 1. The van der Waals surface area contributed by atoms with E-state index in [1.54, 1.807) is 17.9 Å². The van der Waals surface area contributed by atoms with Crippen LogP contribution in [0.4, 0.5) is 0 Å². The highest BCUT2D eigenvalue weighted by atomic mass is 16.5. The summed E-state index contributed by atoms with van der Waals surface area (Å²) in [5.41, 5.74) is 0.832. The minimum Gasteiger partial charge on any atom is -0.480 e. The third-order valence-electron chi connectivity index (χ3n) is 4.04. The molecule has 22 heavy (non-hydrogen) atoms. The highest BCUT2D eigenvalue weighted by molar-refractivity contribution is 5.85. The summed E-state index contributed by atoms with van der Waals surface area (Å²) in [6, 6.07) is 0.988. The molecule has 0 radical (unpaired) electrons. The standard InChI is InChI=1S/C15H23N3O4/c1-3-4-5-11(15(20)21)17-14(19)10-7-9-22-13(10)12-6-8-16-18(12)2/h6,8,10-11,13H,3-5,7,9H2,1-2H3,(H,17,19)(H,20,21)/t10-,11+,13-/m1/s1. The predicted octanol–water partition coefficient (Wildman–Crippen LogP) is 1.26. The molecule has 0 unspecified atom stereocenters. The number of unbranched alkanes of at least 4 members (excludes halogenated alkanes) is 1. The lowest BCUT2D eigenvalue weighted by atomic mass is 9.97. The van der Waals surface area contributed by atoms with E-state index in [2.05, 4.69) is 10.4 Å². The van der Waals surface area contributed by atoms with Crippen LogP contribution in [0.5, 0.6) is 0 Å². The van der Waals surface area contributed by atoms with Crippen molar-refractivity contribution < 1.29 is 19.4 Å². The topological polar surface area (TPSA) is 93.5 Å².